The van der Waals surface area contributed by atoms with Gasteiger partial charge in [0.25, 0.3) is 5.91 Å². The zero-order chi connectivity index (χ0) is 14.0. The van der Waals surface area contributed by atoms with Gasteiger partial charge in [0.2, 0.25) is 0 Å². The molecule has 0 unspecified atom stereocenters. The van der Waals surface area contributed by atoms with Crippen LogP contribution in [0.2, 0.25) is 10.0 Å². The molecule has 0 aromatic heterocycles. The molecule has 2 nitrogen and oxygen atoms in total. The topological polar surface area (TPSA) is 29.1 Å². The van der Waals surface area contributed by atoms with Crippen LogP contribution >= 0.6 is 23.2 Å². The van der Waals surface area contributed by atoms with Gasteiger partial charge >= 0.3 is 0 Å². The number of benzene rings is 2. The van der Waals surface area contributed by atoms with E-state index in [-0.39, 0.29) is 5.91 Å². The fourth-order valence-corrected chi connectivity index (χ4v) is 2.01. The third kappa shape index (κ3) is 3.28. The van der Waals surface area contributed by atoms with Crippen molar-refractivity contribution < 1.29 is 4.79 Å². The average Bonchev–Trinajstić information content (AvgIpc) is 2.37. The Morgan fingerprint density at radius 3 is 2.42 bits per heavy atom. The summed E-state index contributed by atoms with van der Waals surface area (Å²) in [4.78, 5) is 12.1. The Hall–Kier alpha value is -1.51. The van der Waals surface area contributed by atoms with Crippen molar-refractivity contribution in [2.75, 3.05) is 5.32 Å². The quantitative estimate of drug-likeness (QED) is 0.841. The van der Waals surface area contributed by atoms with Crippen LogP contribution in [0.15, 0.2) is 36.4 Å². The first-order valence-electron chi connectivity index (χ1n) is 5.81. The van der Waals surface area contributed by atoms with Gasteiger partial charge in [0, 0.05) is 10.6 Å². The predicted octanol–water partition coefficient (Wildman–Crippen LogP) is 4.86. The molecule has 0 heterocycles. The summed E-state index contributed by atoms with van der Waals surface area (Å²) in [5.74, 6) is -0.202. The fraction of sp³-hybridized carbons (Fsp3) is 0.133. The molecular formula is C15H13Cl2NO. The lowest BCUT2D eigenvalue weighted by Gasteiger charge is -2.09. The number of nitrogens with one attached hydrogen (secondary N) is 1. The lowest BCUT2D eigenvalue weighted by atomic mass is 10.1. The number of carbonyl (C=O) groups is 1. The maximum atomic E-state index is 12.1. The molecule has 0 radical (unpaired) electrons. The van der Waals surface area contributed by atoms with Crippen molar-refractivity contribution in [3.05, 3.63) is 63.1 Å². The molecule has 0 aliphatic carbocycles. The molecule has 0 fully saturated rings. The summed E-state index contributed by atoms with van der Waals surface area (Å²) < 4.78 is 0. The smallest absolute Gasteiger partial charge is 0.255 e. The van der Waals surface area contributed by atoms with Gasteiger partial charge in [-0.1, -0.05) is 29.3 Å². The van der Waals surface area contributed by atoms with Crippen molar-refractivity contribution in [1.82, 2.24) is 0 Å². The first-order chi connectivity index (χ1) is 8.97. The lowest BCUT2D eigenvalue weighted by Crippen LogP contribution is -2.12. The van der Waals surface area contributed by atoms with E-state index < -0.39 is 0 Å². The van der Waals surface area contributed by atoms with Crippen LogP contribution in [-0.2, 0) is 0 Å². The van der Waals surface area contributed by atoms with Crippen LogP contribution in [0.25, 0.3) is 0 Å². The van der Waals surface area contributed by atoms with Crippen molar-refractivity contribution in [3.8, 4) is 0 Å². The van der Waals surface area contributed by atoms with E-state index in [1.165, 1.54) is 0 Å². The monoisotopic (exact) mass is 293 g/mol. The summed E-state index contributed by atoms with van der Waals surface area (Å²) in [5, 5.41) is 3.75. The maximum absolute atomic E-state index is 12.1. The van der Waals surface area contributed by atoms with Crippen LogP contribution in [0.5, 0.6) is 0 Å². The second-order valence-corrected chi connectivity index (χ2v) is 5.22. The van der Waals surface area contributed by atoms with E-state index in [1.807, 2.05) is 26.0 Å². The van der Waals surface area contributed by atoms with Gasteiger partial charge in [-0.05, 0) is 55.3 Å². The number of aryl methyl sites for hydroxylation is 2. The van der Waals surface area contributed by atoms with Gasteiger partial charge in [0.05, 0.1) is 10.7 Å². The first kappa shape index (κ1) is 13.9. The Labute approximate surface area is 122 Å². The highest BCUT2D eigenvalue weighted by atomic mass is 35.5. The number of carbonyl (C=O) groups excluding carboxylic acids is 1. The van der Waals surface area contributed by atoms with Gasteiger partial charge in [0.1, 0.15) is 0 Å². The maximum Gasteiger partial charge on any atom is 0.255 e. The number of hydrogen-bond acceptors (Lipinski definition) is 1. The summed E-state index contributed by atoms with van der Waals surface area (Å²) in [6.45, 7) is 3.98. The van der Waals surface area contributed by atoms with E-state index in [0.717, 1.165) is 11.1 Å². The molecule has 0 saturated heterocycles. The van der Waals surface area contributed by atoms with E-state index in [0.29, 0.717) is 21.3 Å². The van der Waals surface area contributed by atoms with E-state index in [2.05, 4.69) is 5.32 Å². The SMILES string of the molecule is Cc1ccc(C(=O)Nc2cc(Cl)ccc2Cl)cc1C. The molecule has 0 spiro atoms. The van der Waals surface area contributed by atoms with E-state index in [9.17, 15) is 4.79 Å². The fourth-order valence-electron chi connectivity index (χ4n) is 1.67. The third-order valence-electron chi connectivity index (χ3n) is 2.95. The summed E-state index contributed by atoms with van der Waals surface area (Å²) in [7, 11) is 0. The Bertz CT molecular complexity index is 638. The van der Waals surface area contributed by atoms with Gasteiger partial charge in [-0.15, -0.1) is 0 Å². The molecule has 1 N–H and O–H groups in total. The molecule has 1 amide bonds. The summed E-state index contributed by atoms with van der Waals surface area (Å²) in [6.07, 6.45) is 0. The van der Waals surface area contributed by atoms with Crippen LogP contribution in [0, 0.1) is 13.8 Å². The minimum absolute atomic E-state index is 0.202. The van der Waals surface area contributed by atoms with Crippen LogP contribution in [0.1, 0.15) is 21.5 Å². The van der Waals surface area contributed by atoms with Crippen molar-refractivity contribution >= 4 is 34.8 Å². The van der Waals surface area contributed by atoms with Crippen LogP contribution < -0.4 is 5.32 Å². The van der Waals surface area contributed by atoms with E-state index in [4.69, 9.17) is 23.2 Å². The second-order valence-electron chi connectivity index (χ2n) is 4.38. The van der Waals surface area contributed by atoms with Gasteiger partial charge in [-0.25, -0.2) is 0 Å². The molecule has 0 atom stereocenters. The number of halogens is 2. The Morgan fingerprint density at radius 1 is 1.00 bits per heavy atom. The number of amides is 1. The Kier molecular flexibility index (Phi) is 4.13. The Balaban J connectivity index is 2.25. The standard InChI is InChI=1S/C15H13Cl2NO/c1-9-3-4-11(7-10(9)2)15(19)18-14-8-12(16)5-6-13(14)17/h3-8H,1-2H3,(H,18,19). The van der Waals surface area contributed by atoms with Gasteiger partial charge in [-0.2, -0.15) is 0 Å². The number of hydrogen-bond donors (Lipinski definition) is 1. The van der Waals surface area contributed by atoms with E-state index >= 15 is 0 Å². The lowest BCUT2D eigenvalue weighted by molar-refractivity contribution is 0.102. The predicted molar refractivity (Wildman–Crippen MR) is 80.3 cm³/mol. The van der Waals surface area contributed by atoms with Gasteiger partial charge in [-0.3, -0.25) is 4.79 Å². The molecule has 2 aromatic carbocycles. The molecule has 2 rings (SSSR count). The van der Waals surface area contributed by atoms with E-state index in [1.54, 1.807) is 24.3 Å². The highest BCUT2D eigenvalue weighted by Crippen LogP contribution is 2.26. The minimum Gasteiger partial charge on any atom is -0.321 e. The average molecular weight is 294 g/mol. The second kappa shape index (κ2) is 5.64. The molecule has 4 heteroatoms. The molecule has 19 heavy (non-hydrogen) atoms. The van der Waals surface area contributed by atoms with Crippen LogP contribution in [0.4, 0.5) is 5.69 Å². The minimum atomic E-state index is -0.202. The van der Waals surface area contributed by atoms with Crippen molar-refractivity contribution in [2.45, 2.75) is 13.8 Å². The number of anilines is 1. The van der Waals surface area contributed by atoms with Crippen LogP contribution in [-0.4, -0.2) is 5.91 Å². The van der Waals surface area contributed by atoms with Gasteiger partial charge in [0.15, 0.2) is 0 Å². The zero-order valence-corrected chi connectivity index (χ0v) is 12.1. The molecule has 0 saturated carbocycles. The van der Waals surface area contributed by atoms with Crippen molar-refractivity contribution in [1.29, 1.82) is 0 Å². The highest BCUT2D eigenvalue weighted by Gasteiger charge is 2.09. The molecular weight excluding hydrogens is 281 g/mol. The molecule has 98 valence electrons. The molecule has 0 aliphatic rings. The highest BCUT2D eigenvalue weighted by molar-refractivity contribution is 6.35. The third-order valence-corrected chi connectivity index (χ3v) is 3.51. The summed E-state index contributed by atoms with van der Waals surface area (Å²) in [6, 6.07) is 10.5. The zero-order valence-electron chi connectivity index (χ0n) is 10.6. The molecule has 2 aromatic rings. The molecule has 0 bridgehead atoms. The normalized spacial score (nSPS) is 10.3. The summed E-state index contributed by atoms with van der Waals surface area (Å²) >= 11 is 11.9. The molecule has 0 aliphatic heterocycles. The largest absolute Gasteiger partial charge is 0.321 e. The summed E-state index contributed by atoms with van der Waals surface area (Å²) in [5.41, 5.74) is 3.33. The van der Waals surface area contributed by atoms with Crippen LogP contribution in [0.3, 0.4) is 0 Å². The number of rotatable bonds is 2. The first-order valence-corrected chi connectivity index (χ1v) is 6.56. The van der Waals surface area contributed by atoms with Crippen molar-refractivity contribution in [3.63, 3.8) is 0 Å². The van der Waals surface area contributed by atoms with Crippen molar-refractivity contribution in [2.24, 2.45) is 0 Å². The van der Waals surface area contributed by atoms with Gasteiger partial charge < -0.3 is 5.32 Å². The Morgan fingerprint density at radius 2 is 1.74 bits per heavy atom.